The molecule has 1 amide bonds. The van der Waals surface area contributed by atoms with Gasteiger partial charge in [-0.1, -0.05) is 0 Å². The van der Waals surface area contributed by atoms with Crippen molar-refractivity contribution in [2.24, 2.45) is 11.3 Å². The molecule has 0 aliphatic heterocycles. The zero-order chi connectivity index (χ0) is 12.2. The van der Waals surface area contributed by atoms with Gasteiger partial charge in [-0.05, 0) is 45.4 Å². The van der Waals surface area contributed by atoms with Crippen molar-refractivity contribution in [3.63, 3.8) is 0 Å². The fraction of sp³-hybridized carbons (Fsp3) is 0.833. The quantitative estimate of drug-likeness (QED) is 0.756. The van der Waals surface area contributed by atoms with Gasteiger partial charge in [0.05, 0.1) is 12.2 Å². The lowest BCUT2D eigenvalue weighted by molar-refractivity contribution is -0.127. The largest absolute Gasteiger partial charge is 0.393 e. The minimum atomic E-state index is -0.950. The number of aliphatic hydroxyl groups excluding tert-OH is 1. The van der Waals surface area contributed by atoms with Crippen LogP contribution < -0.4 is 5.32 Å². The minimum absolute atomic E-state index is 0.164. The molecule has 16 heavy (non-hydrogen) atoms. The van der Waals surface area contributed by atoms with Crippen LogP contribution in [0.1, 0.15) is 39.5 Å². The van der Waals surface area contributed by atoms with Gasteiger partial charge in [0.15, 0.2) is 0 Å². The Morgan fingerprint density at radius 1 is 1.44 bits per heavy atom. The van der Waals surface area contributed by atoms with Crippen molar-refractivity contribution in [1.29, 1.82) is 5.26 Å². The lowest BCUT2D eigenvalue weighted by Gasteiger charge is -2.26. The maximum absolute atomic E-state index is 11.6. The number of rotatable bonds is 3. The van der Waals surface area contributed by atoms with Crippen molar-refractivity contribution in [1.82, 2.24) is 5.32 Å². The first kappa shape index (κ1) is 13.0. The van der Waals surface area contributed by atoms with Crippen LogP contribution in [0.5, 0.6) is 0 Å². The van der Waals surface area contributed by atoms with E-state index < -0.39 is 5.41 Å². The molecule has 1 saturated carbocycles. The summed E-state index contributed by atoms with van der Waals surface area (Å²) in [6, 6.07) is 1.98. The van der Waals surface area contributed by atoms with Crippen LogP contribution in [-0.4, -0.2) is 23.7 Å². The standard InChI is InChI=1S/C12H20N2O2/c1-12(2,8-13)11(16)14-7-9-3-5-10(15)6-4-9/h9-10,15H,3-7H2,1-2H3,(H,14,16). The van der Waals surface area contributed by atoms with E-state index in [0.717, 1.165) is 25.7 Å². The number of carbonyl (C=O) groups excluding carboxylic acids is 1. The number of carbonyl (C=O) groups is 1. The van der Waals surface area contributed by atoms with Gasteiger partial charge in [0.2, 0.25) is 5.91 Å². The lowest BCUT2D eigenvalue weighted by Crippen LogP contribution is -2.39. The number of aliphatic hydroxyl groups is 1. The third-order valence-electron chi connectivity index (χ3n) is 3.21. The Balaban J connectivity index is 2.30. The number of nitriles is 1. The van der Waals surface area contributed by atoms with Crippen LogP contribution in [0.25, 0.3) is 0 Å². The maximum atomic E-state index is 11.6. The number of hydrogen-bond donors (Lipinski definition) is 2. The van der Waals surface area contributed by atoms with Gasteiger partial charge in [0, 0.05) is 6.54 Å². The van der Waals surface area contributed by atoms with Gasteiger partial charge in [-0.25, -0.2) is 0 Å². The minimum Gasteiger partial charge on any atom is -0.393 e. The molecule has 4 heteroatoms. The van der Waals surface area contributed by atoms with Crippen molar-refractivity contribution >= 4 is 5.91 Å². The number of amides is 1. The second-order valence-corrected chi connectivity index (χ2v) is 5.12. The Labute approximate surface area is 96.6 Å². The summed E-state index contributed by atoms with van der Waals surface area (Å²) in [6.45, 7) is 3.86. The van der Waals surface area contributed by atoms with Crippen molar-refractivity contribution in [3.8, 4) is 6.07 Å². The Kier molecular flexibility index (Phi) is 4.31. The number of hydrogen-bond acceptors (Lipinski definition) is 3. The molecule has 2 N–H and O–H groups in total. The second kappa shape index (κ2) is 5.31. The molecule has 1 fully saturated rings. The molecule has 0 atom stereocenters. The van der Waals surface area contributed by atoms with Crippen LogP contribution in [0.4, 0.5) is 0 Å². The van der Waals surface area contributed by atoms with Crippen molar-refractivity contribution in [2.75, 3.05) is 6.54 Å². The molecule has 0 aromatic rings. The zero-order valence-corrected chi connectivity index (χ0v) is 9.99. The second-order valence-electron chi connectivity index (χ2n) is 5.12. The summed E-state index contributed by atoms with van der Waals surface area (Å²) in [6.07, 6.45) is 3.38. The average Bonchev–Trinajstić information content (AvgIpc) is 2.28. The molecule has 90 valence electrons. The van der Waals surface area contributed by atoms with Gasteiger partial charge >= 0.3 is 0 Å². The highest BCUT2D eigenvalue weighted by molar-refractivity contribution is 5.84. The predicted octanol–water partition coefficient (Wildman–Crippen LogP) is 1.20. The van der Waals surface area contributed by atoms with Crippen LogP contribution in [-0.2, 0) is 4.79 Å². The highest BCUT2D eigenvalue weighted by Crippen LogP contribution is 2.23. The van der Waals surface area contributed by atoms with Crippen LogP contribution in [0.2, 0.25) is 0 Å². The molecular formula is C12H20N2O2. The SMILES string of the molecule is CC(C)(C#N)C(=O)NCC1CCC(O)CC1. The molecule has 0 bridgehead atoms. The highest BCUT2D eigenvalue weighted by atomic mass is 16.3. The van der Waals surface area contributed by atoms with Crippen LogP contribution >= 0.6 is 0 Å². The third-order valence-corrected chi connectivity index (χ3v) is 3.21. The molecule has 0 unspecified atom stereocenters. The predicted molar refractivity (Wildman–Crippen MR) is 60.4 cm³/mol. The fourth-order valence-corrected chi connectivity index (χ4v) is 1.86. The highest BCUT2D eigenvalue weighted by Gasteiger charge is 2.28. The molecule has 0 spiro atoms. The summed E-state index contributed by atoms with van der Waals surface area (Å²) in [4.78, 5) is 11.6. The van der Waals surface area contributed by atoms with Crippen molar-refractivity contribution in [2.45, 2.75) is 45.6 Å². The van der Waals surface area contributed by atoms with Crippen molar-refractivity contribution < 1.29 is 9.90 Å². The van der Waals surface area contributed by atoms with Gasteiger partial charge in [0.1, 0.15) is 5.41 Å². The normalized spacial score (nSPS) is 25.9. The summed E-state index contributed by atoms with van der Waals surface area (Å²) in [7, 11) is 0. The number of nitrogens with one attached hydrogen (secondary N) is 1. The van der Waals surface area contributed by atoms with E-state index in [1.54, 1.807) is 13.8 Å². The molecule has 0 saturated heterocycles. The Hall–Kier alpha value is -1.08. The van der Waals surface area contributed by atoms with Gasteiger partial charge in [-0.2, -0.15) is 5.26 Å². The molecular weight excluding hydrogens is 204 g/mol. The molecule has 1 rings (SSSR count). The summed E-state index contributed by atoms with van der Waals surface area (Å²) < 4.78 is 0. The molecule has 0 radical (unpaired) electrons. The summed E-state index contributed by atoms with van der Waals surface area (Å²) >= 11 is 0. The molecule has 1 aliphatic rings. The number of nitrogens with zero attached hydrogens (tertiary/aromatic N) is 1. The van der Waals surface area contributed by atoms with Gasteiger partial charge in [0.25, 0.3) is 0 Å². The Bertz CT molecular complexity index is 286. The van der Waals surface area contributed by atoms with Gasteiger partial charge < -0.3 is 10.4 Å². The van der Waals surface area contributed by atoms with E-state index in [2.05, 4.69) is 5.32 Å². The Morgan fingerprint density at radius 3 is 2.50 bits per heavy atom. The first-order valence-electron chi connectivity index (χ1n) is 5.83. The third kappa shape index (κ3) is 3.49. The van der Waals surface area contributed by atoms with E-state index in [4.69, 9.17) is 5.26 Å². The van der Waals surface area contributed by atoms with Crippen LogP contribution in [0, 0.1) is 22.7 Å². The average molecular weight is 224 g/mol. The first-order chi connectivity index (χ1) is 7.45. The smallest absolute Gasteiger partial charge is 0.239 e. The van der Waals surface area contributed by atoms with E-state index in [0.29, 0.717) is 12.5 Å². The van der Waals surface area contributed by atoms with Gasteiger partial charge in [-0.3, -0.25) is 4.79 Å². The van der Waals surface area contributed by atoms with Crippen LogP contribution in [0.15, 0.2) is 0 Å². The molecule has 1 aliphatic carbocycles. The van der Waals surface area contributed by atoms with E-state index in [-0.39, 0.29) is 12.0 Å². The molecule has 0 heterocycles. The summed E-state index contributed by atoms with van der Waals surface area (Å²) in [5.41, 5.74) is -0.950. The lowest BCUT2D eigenvalue weighted by atomic mass is 9.87. The van der Waals surface area contributed by atoms with Gasteiger partial charge in [-0.15, -0.1) is 0 Å². The topological polar surface area (TPSA) is 73.1 Å². The van der Waals surface area contributed by atoms with E-state index in [1.807, 2.05) is 6.07 Å². The summed E-state index contributed by atoms with van der Waals surface area (Å²) in [5.74, 6) is 0.239. The molecule has 0 aromatic carbocycles. The van der Waals surface area contributed by atoms with Crippen molar-refractivity contribution in [3.05, 3.63) is 0 Å². The van der Waals surface area contributed by atoms with E-state index >= 15 is 0 Å². The maximum Gasteiger partial charge on any atom is 0.239 e. The zero-order valence-electron chi connectivity index (χ0n) is 9.99. The van der Waals surface area contributed by atoms with E-state index in [1.165, 1.54) is 0 Å². The monoisotopic (exact) mass is 224 g/mol. The molecule has 0 aromatic heterocycles. The van der Waals surface area contributed by atoms with E-state index in [9.17, 15) is 9.90 Å². The first-order valence-corrected chi connectivity index (χ1v) is 5.83. The Morgan fingerprint density at radius 2 is 2.00 bits per heavy atom. The van der Waals surface area contributed by atoms with Crippen LogP contribution in [0.3, 0.4) is 0 Å². The molecule has 4 nitrogen and oxygen atoms in total. The fourth-order valence-electron chi connectivity index (χ4n) is 1.86. The summed E-state index contributed by atoms with van der Waals surface area (Å²) in [5, 5.41) is 20.9.